The van der Waals surface area contributed by atoms with E-state index in [1.165, 1.54) is 11.8 Å². The second-order valence-corrected chi connectivity index (χ2v) is 6.38. The van der Waals surface area contributed by atoms with Gasteiger partial charge in [-0.1, -0.05) is 11.8 Å². The predicted molar refractivity (Wildman–Crippen MR) is 84.8 cm³/mol. The SMILES string of the molecule is C[C@@H]1CN(C(=O)CSc2nnc(-c3ccncc3)o2)C[C@H](C)O1. The van der Waals surface area contributed by atoms with E-state index in [1.807, 2.05) is 18.7 Å². The summed E-state index contributed by atoms with van der Waals surface area (Å²) < 4.78 is 11.2. The molecule has 1 amide bonds. The third-order valence-corrected chi connectivity index (χ3v) is 4.23. The van der Waals surface area contributed by atoms with Gasteiger partial charge in [0.2, 0.25) is 11.8 Å². The number of carbonyl (C=O) groups is 1. The first-order valence-corrected chi connectivity index (χ1v) is 8.40. The minimum absolute atomic E-state index is 0.0562. The topological polar surface area (TPSA) is 81.4 Å². The number of rotatable bonds is 4. The molecule has 2 aromatic heterocycles. The van der Waals surface area contributed by atoms with Gasteiger partial charge in [-0.3, -0.25) is 9.78 Å². The van der Waals surface area contributed by atoms with Crippen LogP contribution in [-0.4, -0.2) is 57.0 Å². The van der Waals surface area contributed by atoms with Crippen LogP contribution in [0.25, 0.3) is 11.5 Å². The van der Waals surface area contributed by atoms with E-state index in [-0.39, 0.29) is 23.9 Å². The van der Waals surface area contributed by atoms with Crippen LogP contribution >= 0.6 is 11.8 Å². The van der Waals surface area contributed by atoms with Crippen molar-refractivity contribution in [2.75, 3.05) is 18.8 Å². The van der Waals surface area contributed by atoms with Crippen molar-refractivity contribution in [3.63, 3.8) is 0 Å². The van der Waals surface area contributed by atoms with Crippen molar-refractivity contribution in [1.29, 1.82) is 0 Å². The molecule has 7 nitrogen and oxygen atoms in total. The Balaban J connectivity index is 1.56. The average molecular weight is 334 g/mol. The normalized spacial score (nSPS) is 21.4. The smallest absolute Gasteiger partial charge is 0.277 e. The summed E-state index contributed by atoms with van der Waals surface area (Å²) in [5.41, 5.74) is 0.807. The van der Waals surface area contributed by atoms with Gasteiger partial charge < -0.3 is 14.1 Å². The second kappa shape index (κ2) is 7.10. The van der Waals surface area contributed by atoms with Crippen LogP contribution in [0, 0.1) is 0 Å². The molecule has 0 saturated carbocycles. The molecule has 23 heavy (non-hydrogen) atoms. The monoisotopic (exact) mass is 334 g/mol. The number of morpholine rings is 1. The van der Waals surface area contributed by atoms with Crippen molar-refractivity contribution in [3.05, 3.63) is 24.5 Å². The van der Waals surface area contributed by atoms with E-state index in [9.17, 15) is 4.79 Å². The van der Waals surface area contributed by atoms with E-state index in [0.717, 1.165) is 5.56 Å². The zero-order valence-corrected chi connectivity index (χ0v) is 13.8. The third-order valence-electron chi connectivity index (χ3n) is 3.43. The van der Waals surface area contributed by atoms with Gasteiger partial charge in [-0.15, -0.1) is 10.2 Å². The number of carbonyl (C=O) groups excluding carboxylic acids is 1. The van der Waals surface area contributed by atoms with Gasteiger partial charge in [0.25, 0.3) is 5.22 Å². The molecule has 1 aliphatic rings. The molecule has 8 heteroatoms. The van der Waals surface area contributed by atoms with Crippen molar-refractivity contribution >= 4 is 17.7 Å². The van der Waals surface area contributed by atoms with Crippen LogP contribution in [0.15, 0.2) is 34.2 Å². The van der Waals surface area contributed by atoms with Gasteiger partial charge in [0, 0.05) is 31.0 Å². The highest BCUT2D eigenvalue weighted by molar-refractivity contribution is 7.99. The Labute approximate surface area is 138 Å². The maximum atomic E-state index is 12.3. The summed E-state index contributed by atoms with van der Waals surface area (Å²) in [7, 11) is 0. The third kappa shape index (κ3) is 4.08. The number of thioether (sulfide) groups is 1. The molecule has 3 heterocycles. The highest BCUT2D eigenvalue weighted by Crippen LogP contribution is 2.23. The molecule has 0 bridgehead atoms. The molecule has 0 radical (unpaired) electrons. The molecule has 2 atom stereocenters. The van der Waals surface area contributed by atoms with Crippen molar-refractivity contribution in [2.45, 2.75) is 31.3 Å². The largest absolute Gasteiger partial charge is 0.411 e. The van der Waals surface area contributed by atoms with Gasteiger partial charge in [-0.05, 0) is 26.0 Å². The number of ether oxygens (including phenoxy) is 1. The molecule has 1 saturated heterocycles. The summed E-state index contributed by atoms with van der Waals surface area (Å²) in [6, 6.07) is 3.59. The summed E-state index contributed by atoms with van der Waals surface area (Å²) in [6.45, 7) is 5.19. The first-order chi connectivity index (χ1) is 11.1. The highest BCUT2D eigenvalue weighted by Gasteiger charge is 2.26. The maximum absolute atomic E-state index is 12.3. The molecule has 122 valence electrons. The van der Waals surface area contributed by atoms with E-state index < -0.39 is 0 Å². The van der Waals surface area contributed by atoms with E-state index in [1.54, 1.807) is 24.5 Å². The van der Waals surface area contributed by atoms with Crippen LogP contribution in [0.4, 0.5) is 0 Å². The van der Waals surface area contributed by atoms with E-state index in [4.69, 9.17) is 9.15 Å². The Morgan fingerprint density at radius 1 is 1.26 bits per heavy atom. The maximum Gasteiger partial charge on any atom is 0.277 e. The molecule has 2 aromatic rings. The fraction of sp³-hybridized carbons (Fsp3) is 0.467. The van der Waals surface area contributed by atoms with Crippen LogP contribution in [0.5, 0.6) is 0 Å². The van der Waals surface area contributed by atoms with Gasteiger partial charge in [-0.2, -0.15) is 0 Å². The van der Waals surface area contributed by atoms with Crippen LogP contribution < -0.4 is 0 Å². The molecule has 0 spiro atoms. The number of amides is 1. The molecule has 3 rings (SSSR count). The zero-order valence-electron chi connectivity index (χ0n) is 13.0. The lowest BCUT2D eigenvalue weighted by molar-refractivity contribution is -0.140. The number of aromatic nitrogens is 3. The highest BCUT2D eigenvalue weighted by atomic mass is 32.2. The summed E-state index contributed by atoms with van der Waals surface area (Å²) in [5.74, 6) is 0.758. The molecule has 1 aliphatic heterocycles. The Kier molecular flexibility index (Phi) is 4.92. The molecule has 0 N–H and O–H groups in total. The van der Waals surface area contributed by atoms with Gasteiger partial charge in [0.15, 0.2) is 0 Å². The van der Waals surface area contributed by atoms with E-state index in [0.29, 0.717) is 24.2 Å². The molecule has 0 aliphatic carbocycles. The quantitative estimate of drug-likeness (QED) is 0.789. The molecular formula is C15H18N4O3S. The Morgan fingerprint density at radius 3 is 2.65 bits per heavy atom. The Morgan fingerprint density at radius 2 is 1.96 bits per heavy atom. The van der Waals surface area contributed by atoms with Gasteiger partial charge >= 0.3 is 0 Å². The predicted octanol–water partition coefficient (Wildman–Crippen LogP) is 1.86. The van der Waals surface area contributed by atoms with Crippen LogP contribution in [0.2, 0.25) is 0 Å². The van der Waals surface area contributed by atoms with Crippen molar-refractivity contribution in [2.24, 2.45) is 0 Å². The van der Waals surface area contributed by atoms with Crippen LogP contribution in [0.3, 0.4) is 0 Å². The summed E-state index contributed by atoms with van der Waals surface area (Å²) >= 11 is 1.25. The first-order valence-electron chi connectivity index (χ1n) is 7.42. The standard InChI is InChI=1S/C15H18N4O3S/c1-10-7-19(8-11(2)21-10)13(20)9-23-15-18-17-14(22-15)12-3-5-16-6-4-12/h3-6,10-11H,7-9H2,1-2H3/t10-,11+. The fourth-order valence-electron chi connectivity index (χ4n) is 2.48. The Hall–Kier alpha value is -1.93. The van der Waals surface area contributed by atoms with E-state index in [2.05, 4.69) is 15.2 Å². The summed E-state index contributed by atoms with van der Waals surface area (Å²) in [5, 5.41) is 8.35. The number of hydrogen-bond acceptors (Lipinski definition) is 7. The van der Waals surface area contributed by atoms with Crippen molar-refractivity contribution in [3.8, 4) is 11.5 Å². The summed E-state index contributed by atoms with van der Waals surface area (Å²) in [4.78, 5) is 18.1. The lowest BCUT2D eigenvalue weighted by atomic mass is 10.2. The number of hydrogen-bond donors (Lipinski definition) is 0. The molecular weight excluding hydrogens is 316 g/mol. The lowest BCUT2D eigenvalue weighted by Crippen LogP contribution is -2.48. The van der Waals surface area contributed by atoms with Gasteiger partial charge in [0.05, 0.1) is 18.0 Å². The number of pyridine rings is 1. The van der Waals surface area contributed by atoms with E-state index >= 15 is 0 Å². The number of nitrogens with zero attached hydrogens (tertiary/aromatic N) is 4. The second-order valence-electron chi connectivity index (χ2n) is 5.45. The average Bonchev–Trinajstić information content (AvgIpc) is 3.01. The minimum atomic E-state index is 0.0562. The van der Waals surface area contributed by atoms with Gasteiger partial charge in [-0.25, -0.2) is 0 Å². The summed E-state index contributed by atoms with van der Waals surface area (Å²) in [6.07, 6.45) is 3.46. The lowest BCUT2D eigenvalue weighted by Gasteiger charge is -2.35. The molecule has 0 unspecified atom stereocenters. The molecule has 0 aromatic carbocycles. The first kappa shape index (κ1) is 15.9. The minimum Gasteiger partial charge on any atom is -0.411 e. The zero-order chi connectivity index (χ0) is 16.2. The molecule has 1 fully saturated rings. The van der Waals surface area contributed by atoms with Crippen LogP contribution in [-0.2, 0) is 9.53 Å². The Bertz CT molecular complexity index is 654. The fourth-order valence-corrected chi connectivity index (χ4v) is 3.14. The van der Waals surface area contributed by atoms with Crippen molar-refractivity contribution < 1.29 is 13.9 Å². The van der Waals surface area contributed by atoms with Gasteiger partial charge in [0.1, 0.15) is 0 Å². The van der Waals surface area contributed by atoms with Crippen LogP contribution in [0.1, 0.15) is 13.8 Å². The van der Waals surface area contributed by atoms with Crippen molar-refractivity contribution in [1.82, 2.24) is 20.1 Å².